The van der Waals surface area contributed by atoms with Crippen LogP contribution in [0.15, 0.2) is 170 Å². The predicted octanol–water partition coefficient (Wildman–Crippen LogP) is 10.6. The van der Waals surface area contributed by atoms with Gasteiger partial charge in [0, 0.05) is 29.4 Å². The third-order valence-electron chi connectivity index (χ3n) is 9.15. The molecule has 43 heavy (non-hydrogen) atoms. The van der Waals surface area contributed by atoms with Crippen LogP contribution in [0.3, 0.4) is 0 Å². The van der Waals surface area contributed by atoms with Gasteiger partial charge in [-0.2, -0.15) is 0 Å². The summed E-state index contributed by atoms with van der Waals surface area (Å²) in [5.74, 6) is 0. The zero-order valence-corrected chi connectivity index (χ0v) is 24.1. The molecular formula is C42H31N. The molecule has 0 unspecified atom stereocenters. The molecule has 0 saturated carbocycles. The molecule has 7 aromatic carbocycles. The third-order valence-corrected chi connectivity index (χ3v) is 9.15. The van der Waals surface area contributed by atoms with Crippen LogP contribution in [0.2, 0.25) is 0 Å². The highest BCUT2D eigenvalue weighted by atomic mass is 15.1. The Bertz CT molecular complexity index is 2040. The van der Waals surface area contributed by atoms with Gasteiger partial charge in [-0.1, -0.05) is 158 Å². The van der Waals surface area contributed by atoms with E-state index >= 15 is 0 Å². The number of para-hydroxylation sites is 1. The Morgan fingerprint density at radius 1 is 0.419 bits per heavy atom. The Hall–Kier alpha value is -5.40. The zero-order valence-electron chi connectivity index (χ0n) is 24.1. The topological polar surface area (TPSA) is 3.24 Å². The third kappa shape index (κ3) is 3.78. The van der Waals surface area contributed by atoms with E-state index in [1.54, 1.807) is 0 Å². The minimum Gasteiger partial charge on any atom is -0.344 e. The van der Waals surface area contributed by atoms with Gasteiger partial charge in [-0.3, -0.25) is 0 Å². The van der Waals surface area contributed by atoms with Gasteiger partial charge in [0.25, 0.3) is 0 Å². The minimum absolute atomic E-state index is 0.451. The first-order chi connectivity index (χ1) is 21.3. The van der Waals surface area contributed by atoms with Gasteiger partial charge in [-0.05, 0) is 56.5 Å². The number of hydrogen-bond donors (Lipinski definition) is 0. The number of fused-ring (bicyclic) bond motifs is 5. The van der Waals surface area contributed by atoms with E-state index in [0.29, 0.717) is 0 Å². The van der Waals surface area contributed by atoms with Crippen LogP contribution < -0.4 is 4.90 Å². The van der Waals surface area contributed by atoms with Crippen LogP contribution in [0.5, 0.6) is 0 Å². The first-order valence-corrected chi connectivity index (χ1v) is 14.9. The molecule has 204 valence electrons. The molecule has 0 radical (unpaired) electrons. The summed E-state index contributed by atoms with van der Waals surface area (Å²) in [5, 5.41) is 2.53. The van der Waals surface area contributed by atoms with Crippen LogP contribution in [0, 0.1) is 0 Å². The highest BCUT2D eigenvalue weighted by Gasteiger charge is 2.47. The summed E-state index contributed by atoms with van der Waals surface area (Å²) in [7, 11) is 2.21. The van der Waals surface area contributed by atoms with Gasteiger partial charge in [0.05, 0.1) is 5.41 Å². The summed E-state index contributed by atoms with van der Waals surface area (Å²) in [6, 6.07) is 61.9. The van der Waals surface area contributed by atoms with E-state index < -0.39 is 5.41 Å². The maximum absolute atomic E-state index is 2.47. The molecule has 7 aromatic rings. The molecule has 1 nitrogen and oxygen atoms in total. The lowest BCUT2D eigenvalue weighted by Crippen LogP contribution is -2.28. The largest absolute Gasteiger partial charge is 0.344 e. The van der Waals surface area contributed by atoms with Crippen molar-refractivity contribution in [3.8, 4) is 22.3 Å². The summed E-state index contributed by atoms with van der Waals surface area (Å²) in [6.45, 7) is 0. The van der Waals surface area contributed by atoms with Crippen molar-refractivity contribution in [2.24, 2.45) is 0 Å². The predicted molar refractivity (Wildman–Crippen MR) is 181 cm³/mol. The second-order valence-electron chi connectivity index (χ2n) is 11.3. The van der Waals surface area contributed by atoms with Crippen molar-refractivity contribution in [3.05, 3.63) is 192 Å². The summed E-state index contributed by atoms with van der Waals surface area (Å²) < 4.78 is 0. The van der Waals surface area contributed by atoms with Crippen LogP contribution in [0.1, 0.15) is 22.3 Å². The number of nitrogens with zero attached hydrogens (tertiary/aromatic N) is 1. The van der Waals surface area contributed by atoms with Crippen LogP contribution in [-0.4, -0.2) is 7.05 Å². The maximum Gasteiger partial charge on any atom is 0.0714 e. The van der Waals surface area contributed by atoms with E-state index in [1.807, 2.05) is 0 Å². The van der Waals surface area contributed by atoms with Gasteiger partial charge in [-0.25, -0.2) is 0 Å². The van der Waals surface area contributed by atoms with Crippen molar-refractivity contribution in [2.75, 3.05) is 11.9 Å². The molecule has 0 bridgehead atoms. The van der Waals surface area contributed by atoms with Crippen LogP contribution in [0.4, 0.5) is 11.4 Å². The van der Waals surface area contributed by atoms with Crippen molar-refractivity contribution >= 4 is 22.1 Å². The molecule has 0 heterocycles. The normalized spacial score (nSPS) is 13.0. The number of rotatable bonds is 5. The molecule has 1 heteroatoms. The van der Waals surface area contributed by atoms with Gasteiger partial charge in [0.2, 0.25) is 0 Å². The van der Waals surface area contributed by atoms with E-state index in [9.17, 15) is 0 Å². The fourth-order valence-corrected chi connectivity index (χ4v) is 7.32. The second kappa shape index (κ2) is 10.2. The fraction of sp³-hybridized carbons (Fsp3) is 0.0476. The summed E-state index contributed by atoms with van der Waals surface area (Å²) >= 11 is 0. The molecule has 0 N–H and O–H groups in total. The van der Waals surface area contributed by atoms with Crippen molar-refractivity contribution in [1.29, 1.82) is 0 Å². The lowest BCUT2D eigenvalue weighted by atomic mass is 9.67. The molecule has 1 aliphatic carbocycles. The van der Waals surface area contributed by atoms with Gasteiger partial charge < -0.3 is 4.90 Å². The second-order valence-corrected chi connectivity index (χ2v) is 11.3. The standard InChI is InChI=1S/C42H31N/c1-43(39-28-16-14-23-33(39)30-17-5-2-6-18-30)40-29-38-41(35-25-12-11-24-34(35)40)36-26-13-15-27-37(36)42(38,31-19-7-3-8-20-31)32-21-9-4-10-22-32/h2-29H,1H3. The Morgan fingerprint density at radius 2 is 0.930 bits per heavy atom. The Labute approximate surface area is 253 Å². The van der Waals surface area contributed by atoms with Crippen LogP contribution in [0.25, 0.3) is 33.0 Å². The maximum atomic E-state index is 2.47. The van der Waals surface area contributed by atoms with Gasteiger partial charge >= 0.3 is 0 Å². The molecule has 0 aliphatic heterocycles. The summed E-state index contributed by atoms with van der Waals surface area (Å²) in [5.41, 5.74) is 12.2. The molecular weight excluding hydrogens is 518 g/mol. The summed E-state index contributed by atoms with van der Waals surface area (Å²) in [4.78, 5) is 2.38. The van der Waals surface area contributed by atoms with Crippen LogP contribution >= 0.6 is 0 Å². The highest BCUT2D eigenvalue weighted by Crippen LogP contribution is 2.59. The Balaban J connectivity index is 1.48. The highest BCUT2D eigenvalue weighted by molar-refractivity contribution is 6.10. The van der Waals surface area contributed by atoms with Gasteiger partial charge in [0.15, 0.2) is 0 Å². The number of anilines is 2. The molecule has 0 saturated heterocycles. The molecule has 0 fully saturated rings. The minimum atomic E-state index is -0.451. The SMILES string of the molecule is CN(c1ccccc1-c1ccccc1)c1cc2c(c3ccccc13)-c1ccccc1C2(c1ccccc1)c1ccccc1. The smallest absolute Gasteiger partial charge is 0.0714 e. The van der Waals surface area contributed by atoms with Gasteiger partial charge in [0.1, 0.15) is 0 Å². The van der Waals surface area contributed by atoms with E-state index in [-0.39, 0.29) is 0 Å². The number of hydrogen-bond acceptors (Lipinski definition) is 1. The molecule has 0 spiro atoms. The van der Waals surface area contributed by atoms with E-state index in [4.69, 9.17) is 0 Å². The monoisotopic (exact) mass is 549 g/mol. The first kappa shape index (κ1) is 25.3. The quantitative estimate of drug-likeness (QED) is 0.206. The average molecular weight is 550 g/mol. The molecule has 0 aromatic heterocycles. The van der Waals surface area contributed by atoms with E-state index in [2.05, 4.69) is 182 Å². The number of benzene rings is 7. The summed E-state index contributed by atoms with van der Waals surface area (Å²) in [6.07, 6.45) is 0. The van der Waals surface area contributed by atoms with Crippen LogP contribution in [-0.2, 0) is 5.41 Å². The van der Waals surface area contributed by atoms with Crippen molar-refractivity contribution in [1.82, 2.24) is 0 Å². The fourth-order valence-electron chi connectivity index (χ4n) is 7.32. The molecule has 8 rings (SSSR count). The van der Waals surface area contributed by atoms with Crippen molar-refractivity contribution < 1.29 is 0 Å². The van der Waals surface area contributed by atoms with E-state index in [0.717, 1.165) is 0 Å². The van der Waals surface area contributed by atoms with Crippen molar-refractivity contribution in [2.45, 2.75) is 5.41 Å². The molecule has 0 amide bonds. The Kier molecular flexibility index (Phi) is 5.98. The van der Waals surface area contributed by atoms with Gasteiger partial charge in [-0.15, -0.1) is 0 Å². The van der Waals surface area contributed by atoms with E-state index in [1.165, 1.54) is 66.7 Å². The average Bonchev–Trinajstić information content (AvgIpc) is 3.40. The lowest BCUT2D eigenvalue weighted by Gasteiger charge is -2.35. The Morgan fingerprint density at radius 3 is 1.60 bits per heavy atom. The lowest BCUT2D eigenvalue weighted by molar-refractivity contribution is 0.769. The zero-order chi connectivity index (χ0) is 28.8. The molecule has 1 aliphatic rings. The molecule has 0 atom stereocenters. The van der Waals surface area contributed by atoms with Crippen molar-refractivity contribution in [3.63, 3.8) is 0 Å². The first-order valence-electron chi connectivity index (χ1n) is 14.9.